The molecule has 6 nitrogen and oxygen atoms in total. The van der Waals surface area contributed by atoms with Gasteiger partial charge in [0.05, 0.1) is 18.4 Å². The molecule has 0 aliphatic rings. The number of benzene rings is 1. The lowest BCUT2D eigenvalue weighted by atomic mass is 10.0. The number of carbonyl (C=O) groups is 2. The molecule has 0 radical (unpaired) electrons. The van der Waals surface area contributed by atoms with Gasteiger partial charge < -0.3 is 9.84 Å². The number of carboxylic acids is 1. The number of carboxylic acid groups (broad SMARTS) is 1. The molecule has 0 spiro atoms. The fraction of sp³-hybridized carbons (Fsp3) is 0.267. The van der Waals surface area contributed by atoms with E-state index in [9.17, 15) is 14.7 Å². The van der Waals surface area contributed by atoms with E-state index in [0.717, 1.165) is 0 Å². The highest BCUT2D eigenvalue weighted by molar-refractivity contribution is 5.96. The summed E-state index contributed by atoms with van der Waals surface area (Å²) in [6.45, 7) is 3.75. The lowest BCUT2D eigenvalue weighted by Crippen LogP contribution is -2.07. The Morgan fingerprint density at radius 3 is 2.57 bits per heavy atom. The molecule has 0 saturated carbocycles. The largest absolute Gasteiger partial charge is 0.494 e. The van der Waals surface area contributed by atoms with E-state index in [2.05, 4.69) is 5.10 Å². The number of ether oxygens (including phenoxy) is 1. The van der Waals surface area contributed by atoms with Gasteiger partial charge in [-0.3, -0.25) is 4.79 Å². The second kappa shape index (κ2) is 5.78. The summed E-state index contributed by atoms with van der Waals surface area (Å²) in [5.41, 5.74) is 0.995. The third kappa shape index (κ3) is 2.52. The minimum absolute atomic E-state index is 0.0734. The molecule has 0 atom stereocenters. The van der Waals surface area contributed by atoms with Crippen molar-refractivity contribution in [3.05, 3.63) is 41.2 Å². The Kier molecular flexibility index (Phi) is 4.07. The van der Waals surface area contributed by atoms with Gasteiger partial charge in [0.15, 0.2) is 12.0 Å². The zero-order chi connectivity index (χ0) is 15.6. The van der Waals surface area contributed by atoms with Crippen molar-refractivity contribution < 1.29 is 19.4 Å². The van der Waals surface area contributed by atoms with Crippen molar-refractivity contribution >= 4 is 12.3 Å². The van der Waals surface area contributed by atoms with Crippen molar-refractivity contribution in [3.63, 3.8) is 0 Å². The standard InChI is InChI=1S/C15H16N2O4/c1-9(2)14-10(8-18)13(15(19)20)16-17(14)11-6-4-5-7-12(11)21-3/h4-9H,1-3H3,(H,19,20). The maximum Gasteiger partial charge on any atom is 0.357 e. The molecule has 0 fully saturated rings. The summed E-state index contributed by atoms with van der Waals surface area (Å²) in [5.74, 6) is -0.750. The first-order valence-electron chi connectivity index (χ1n) is 6.46. The summed E-state index contributed by atoms with van der Waals surface area (Å²) in [5, 5.41) is 13.3. The van der Waals surface area contributed by atoms with Crippen molar-refractivity contribution in [1.29, 1.82) is 0 Å². The number of carbonyl (C=O) groups excluding carboxylic acids is 1. The Bertz CT molecular complexity index is 689. The van der Waals surface area contributed by atoms with Crippen molar-refractivity contribution in [2.75, 3.05) is 7.11 Å². The Morgan fingerprint density at radius 1 is 1.38 bits per heavy atom. The van der Waals surface area contributed by atoms with E-state index in [-0.39, 0.29) is 17.2 Å². The molecule has 1 aromatic heterocycles. The average molecular weight is 288 g/mol. The molecule has 0 aliphatic carbocycles. The zero-order valence-electron chi connectivity index (χ0n) is 12.0. The van der Waals surface area contributed by atoms with Crippen LogP contribution < -0.4 is 4.74 Å². The van der Waals surface area contributed by atoms with E-state index in [1.165, 1.54) is 11.8 Å². The highest BCUT2D eigenvalue weighted by Gasteiger charge is 2.25. The van der Waals surface area contributed by atoms with Gasteiger partial charge >= 0.3 is 5.97 Å². The Morgan fingerprint density at radius 2 is 2.05 bits per heavy atom. The second-order valence-corrected chi connectivity index (χ2v) is 4.81. The number of rotatable bonds is 5. The molecule has 1 aromatic carbocycles. The quantitative estimate of drug-likeness (QED) is 0.855. The van der Waals surface area contributed by atoms with Gasteiger partial charge in [-0.05, 0) is 18.1 Å². The first-order chi connectivity index (χ1) is 10.0. The molecule has 2 rings (SSSR count). The van der Waals surface area contributed by atoms with Crippen LogP contribution in [0.15, 0.2) is 24.3 Å². The summed E-state index contributed by atoms with van der Waals surface area (Å²) in [6.07, 6.45) is 0.539. The van der Waals surface area contributed by atoms with Crippen molar-refractivity contribution in [2.45, 2.75) is 19.8 Å². The first kappa shape index (κ1) is 14.8. The number of hydrogen-bond acceptors (Lipinski definition) is 4. The zero-order valence-corrected chi connectivity index (χ0v) is 12.0. The van der Waals surface area contributed by atoms with Gasteiger partial charge in [-0.25, -0.2) is 9.48 Å². The molecular formula is C15H16N2O4. The van der Waals surface area contributed by atoms with E-state index in [1.807, 2.05) is 13.8 Å². The Balaban J connectivity index is 2.79. The summed E-state index contributed by atoms with van der Waals surface area (Å²) in [7, 11) is 1.52. The van der Waals surface area contributed by atoms with Crippen molar-refractivity contribution in [2.24, 2.45) is 0 Å². The minimum atomic E-state index is -1.23. The predicted molar refractivity (Wildman–Crippen MR) is 76.6 cm³/mol. The average Bonchev–Trinajstić information content (AvgIpc) is 2.86. The second-order valence-electron chi connectivity index (χ2n) is 4.81. The van der Waals surface area contributed by atoms with E-state index in [1.54, 1.807) is 24.3 Å². The third-order valence-corrected chi connectivity index (χ3v) is 3.14. The Hall–Kier alpha value is -2.63. The highest BCUT2D eigenvalue weighted by Crippen LogP contribution is 2.29. The van der Waals surface area contributed by atoms with E-state index in [4.69, 9.17) is 4.74 Å². The molecule has 0 amide bonds. The monoisotopic (exact) mass is 288 g/mol. The van der Waals surface area contributed by atoms with Gasteiger partial charge in [0, 0.05) is 0 Å². The van der Waals surface area contributed by atoms with Gasteiger partial charge in [0.1, 0.15) is 11.4 Å². The van der Waals surface area contributed by atoms with Gasteiger partial charge in [-0.2, -0.15) is 5.10 Å². The van der Waals surface area contributed by atoms with Gasteiger partial charge in [-0.1, -0.05) is 26.0 Å². The number of aromatic nitrogens is 2. The summed E-state index contributed by atoms with van der Waals surface area (Å²) in [4.78, 5) is 22.6. The SMILES string of the molecule is COc1ccccc1-n1nc(C(=O)O)c(C=O)c1C(C)C. The normalized spacial score (nSPS) is 10.7. The van der Waals surface area contributed by atoms with Gasteiger partial charge in [-0.15, -0.1) is 0 Å². The van der Waals surface area contributed by atoms with Crippen LogP contribution in [-0.2, 0) is 0 Å². The van der Waals surface area contributed by atoms with Crippen LogP contribution in [0.2, 0.25) is 0 Å². The van der Waals surface area contributed by atoms with E-state index in [0.29, 0.717) is 23.4 Å². The summed E-state index contributed by atoms with van der Waals surface area (Å²) < 4.78 is 6.75. The van der Waals surface area contributed by atoms with Crippen LogP contribution in [0.5, 0.6) is 5.75 Å². The maximum atomic E-state index is 11.3. The first-order valence-corrected chi connectivity index (χ1v) is 6.46. The molecule has 0 aliphatic heterocycles. The van der Waals surface area contributed by atoms with Gasteiger partial charge in [0.25, 0.3) is 0 Å². The topological polar surface area (TPSA) is 81.4 Å². The molecule has 110 valence electrons. The van der Waals surface area contributed by atoms with Crippen LogP contribution in [0.1, 0.15) is 46.3 Å². The Labute approximate surface area is 122 Å². The van der Waals surface area contributed by atoms with Crippen LogP contribution in [0.3, 0.4) is 0 Å². The summed E-state index contributed by atoms with van der Waals surface area (Å²) in [6, 6.07) is 7.12. The molecule has 6 heteroatoms. The molecular weight excluding hydrogens is 272 g/mol. The number of hydrogen-bond donors (Lipinski definition) is 1. The number of para-hydroxylation sites is 2. The van der Waals surface area contributed by atoms with Crippen molar-refractivity contribution in [1.82, 2.24) is 9.78 Å². The fourth-order valence-corrected chi connectivity index (χ4v) is 2.26. The molecule has 0 unspecified atom stereocenters. The van der Waals surface area contributed by atoms with Crippen LogP contribution in [0.4, 0.5) is 0 Å². The van der Waals surface area contributed by atoms with Crippen LogP contribution in [0, 0.1) is 0 Å². The molecule has 1 N–H and O–H groups in total. The lowest BCUT2D eigenvalue weighted by molar-refractivity contribution is 0.0687. The predicted octanol–water partition coefficient (Wildman–Crippen LogP) is 2.52. The maximum absolute atomic E-state index is 11.3. The minimum Gasteiger partial charge on any atom is -0.494 e. The fourth-order valence-electron chi connectivity index (χ4n) is 2.26. The molecule has 1 heterocycles. The van der Waals surface area contributed by atoms with E-state index >= 15 is 0 Å². The van der Waals surface area contributed by atoms with Crippen LogP contribution in [-0.4, -0.2) is 34.3 Å². The third-order valence-electron chi connectivity index (χ3n) is 3.14. The highest BCUT2D eigenvalue weighted by atomic mass is 16.5. The number of methoxy groups -OCH3 is 1. The number of nitrogens with zero attached hydrogens (tertiary/aromatic N) is 2. The molecule has 0 bridgehead atoms. The lowest BCUT2D eigenvalue weighted by Gasteiger charge is -2.13. The molecule has 21 heavy (non-hydrogen) atoms. The molecule has 0 saturated heterocycles. The van der Waals surface area contributed by atoms with Gasteiger partial charge in [0.2, 0.25) is 0 Å². The van der Waals surface area contributed by atoms with Crippen molar-refractivity contribution in [3.8, 4) is 11.4 Å². The summed E-state index contributed by atoms with van der Waals surface area (Å²) >= 11 is 0. The smallest absolute Gasteiger partial charge is 0.357 e. The number of aldehydes is 1. The van der Waals surface area contributed by atoms with Crippen LogP contribution in [0.25, 0.3) is 5.69 Å². The number of aromatic carboxylic acids is 1. The molecule has 2 aromatic rings. The van der Waals surface area contributed by atoms with Crippen LogP contribution >= 0.6 is 0 Å². The van der Waals surface area contributed by atoms with E-state index < -0.39 is 5.97 Å².